The van der Waals surface area contributed by atoms with E-state index in [1.807, 2.05) is 5.38 Å². The number of nitrogens with one attached hydrogen (secondary N) is 1. The summed E-state index contributed by atoms with van der Waals surface area (Å²) < 4.78 is 7.80. The smallest absolute Gasteiger partial charge is 0.230 e. The molecule has 0 aromatic carbocycles. The Morgan fingerprint density at radius 2 is 2.32 bits per heavy atom. The highest BCUT2D eigenvalue weighted by atomic mass is 32.1. The molecule has 0 spiro atoms. The molecule has 2 aromatic rings. The van der Waals surface area contributed by atoms with Crippen LogP contribution in [-0.2, 0) is 29.0 Å². The Balaban J connectivity index is 1.41. The van der Waals surface area contributed by atoms with E-state index in [0.717, 1.165) is 43.3 Å². The Bertz CT molecular complexity index is 834. The number of hydrogen-bond acceptors (Lipinski definition) is 6. The van der Waals surface area contributed by atoms with E-state index in [0.29, 0.717) is 19.8 Å². The third kappa shape index (κ3) is 3.49. The molecule has 2 aromatic heterocycles. The molecule has 0 radical (unpaired) electrons. The maximum Gasteiger partial charge on any atom is 0.230 e. The Hall–Kier alpha value is -1.77. The lowest BCUT2D eigenvalue weighted by Gasteiger charge is -2.26. The molecule has 2 fully saturated rings. The van der Waals surface area contributed by atoms with Crippen LogP contribution in [0.5, 0.6) is 0 Å². The summed E-state index contributed by atoms with van der Waals surface area (Å²) in [5, 5.41) is 10.8. The topological polar surface area (TPSA) is 72.3 Å². The van der Waals surface area contributed by atoms with Gasteiger partial charge in [-0.2, -0.15) is 5.10 Å². The van der Waals surface area contributed by atoms with Gasteiger partial charge in [-0.25, -0.2) is 4.98 Å². The molecular formula is C20H29N5O2S. The Morgan fingerprint density at radius 3 is 3.04 bits per heavy atom. The second-order valence-corrected chi connectivity index (χ2v) is 8.91. The fourth-order valence-electron chi connectivity index (χ4n) is 4.61. The number of carbonyl (C=O) groups excluding carboxylic acids is 1. The summed E-state index contributed by atoms with van der Waals surface area (Å²) in [5.74, 6) is 0.390. The Morgan fingerprint density at radius 1 is 1.46 bits per heavy atom. The van der Waals surface area contributed by atoms with E-state index < -0.39 is 5.41 Å². The van der Waals surface area contributed by atoms with Crippen LogP contribution in [0.15, 0.2) is 11.6 Å². The van der Waals surface area contributed by atoms with E-state index in [9.17, 15) is 4.79 Å². The van der Waals surface area contributed by atoms with Crippen LogP contribution in [0.1, 0.15) is 28.9 Å². The summed E-state index contributed by atoms with van der Waals surface area (Å²) in [6.45, 7) is 11.5. The molecule has 1 amide bonds. The predicted octanol–water partition coefficient (Wildman–Crippen LogP) is 1.78. The molecule has 1 N–H and O–H groups in total. The van der Waals surface area contributed by atoms with Crippen molar-refractivity contribution in [2.75, 3.05) is 32.8 Å². The van der Waals surface area contributed by atoms with Crippen LogP contribution in [0.4, 0.5) is 0 Å². The highest BCUT2D eigenvalue weighted by Crippen LogP contribution is 2.42. The first-order valence-corrected chi connectivity index (χ1v) is 10.9. The highest BCUT2D eigenvalue weighted by Gasteiger charge is 2.55. The maximum absolute atomic E-state index is 13.1. The van der Waals surface area contributed by atoms with E-state index >= 15 is 0 Å². The molecule has 7 nitrogen and oxygen atoms in total. The maximum atomic E-state index is 13.1. The molecule has 2 atom stereocenters. The molecule has 4 heterocycles. The number of thiazole rings is 1. The summed E-state index contributed by atoms with van der Waals surface area (Å²) in [6.07, 6.45) is 2.59. The number of hydrogen-bond donors (Lipinski definition) is 1. The van der Waals surface area contributed by atoms with Crippen molar-refractivity contribution in [1.82, 2.24) is 25.0 Å². The van der Waals surface area contributed by atoms with Crippen LogP contribution >= 0.6 is 11.3 Å². The lowest BCUT2D eigenvalue weighted by atomic mass is 9.80. The van der Waals surface area contributed by atoms with Crippen LogP contribution in [0.3, 0.4) is 0 Å². The number of aryl methyl sites for hydroxylation is 2. The average Bonchev–Trinajstić information content (AvgIpc) is 3.42. The lowest BCUT2D eigenvalue weighted by molar-refractivity contribution is -0.131. The highest BCUT2D eigenvalue weighted by molar-refractivity contribution is 7.09. The van der Waals surface area contributed by atoms with E-state index in [2.05, 4.69) is 45.8 Å². The van der Waals surface area contributed by atoms with Crippen molar-refractivity contribution in [1.29, 1.82) is 0 Å². The predicted molar refractivity (Wildman–Crippen MR) is 108 cm³/mol. The van der Waals surface area contributed by atoms with E-state index in [1.165, 1.54) is 11.3 Å². The normalized spacial score (nSPS) is 24.6. The zero-order chi connectivity index (χ0) is 19.7. The largest absolute Gasteiger partial charge is 0.380 e. The number of rotatable bonds is 7. The number of likely N-dealkylation sites (tertiary alicyclic amines) is 1. The Kier molecular flexibility index (Phi) is 5.53. The third-order valence-corrected chi connectivity index (χ3v) is 7.06. The van der Waals surface area contributed by atoms with Gasteiger partial charge in [-0.15, -0.1) is 11.3 Å². The number of nitrogens with zero attached hydrogens (tertiary/aromatic N) is 4. The van der Waals surface area contributed by atoms with Gasteiger partial charge in [0.2, 0.25) is 5.91 Å². The number of fused-ring (bicyclic) bond motifs is 1. The fourth-order valence-corrected chi connectivity index (χ4v) is 5.23. The van der Waals surface area contributed by atoms with E-state index in [-0.39, 0.29) is 11.8 Å². The molecule has 0 aliphatic carbocycles. The van der Waals surface area contributed by atoms with E-state index in [1.54, 1.807) is 17.5 Å². The van der Waals surface area contributed by atoms with Crippen LogP contribution in [0.25, 0.3) is 0 Å². The summed E-state index contributed by atoms with van der Waals surface area (Å²) >= 11 is 1.63. The lowest BCUT2D eigenvalue weighted by Crippen LogP contribution is -2.47. The second kappa shape index (κ2) is 7.93. The average molecular weight is 404 g/mol. The van der Waals surface area contributed by atoms with Crippen LogP contribution in [0.2, 0.25) is 0 Å². The zero-order valence-corrected chi connectivity index (χ0v) is 17.7. The number of aromatic nitrogens is 3. The first-order valence-electron chi connectivity index (χ1n) is 10.0. The van der Waals surface area contributed by atoms with Gasteiger partial charge in [-0.3, -0.25) is 14.4 Å². The molecule has 4 rings (SSSR count). The van der Waals surface area contributed by atoms with Crippen LogP contribution in [-0.4, -0.2) is 58.4 Å². The van der Waals surface area contributed by atoms with Crippen molar-refractivity contribution in [3.63, 3.8) is 0 Å². The van der Waals surface area contributed by atoms with E-state index in [4.69, 9.17) is 4.74 Å². The van der Waals surface area contributed by atoms with Gasteiger partial charge in [-0.1, -0.05) is 0 Å². The molecular weight excluding hydrogens is 374 g/mol. The zero-order valence-electron chi connectivity index (χ0n) is 16.9. The molecule has 0 bridgehead atoms. The molecule has 152 valence electrons. The second-order valence-electron chi connectivity index (χ2n) is 7.93. The molecule has 8 heteroatoms. The van der Waals surface area contributed by atoms with Crippen molar-refractivity contribution >= 4 is 17.2 Å². The fraction of sp³-hybridized carbons (Fsp3) is 0.650. The van der Waals surface area contributed by atoms with Crippen molar-refractivity contribution in [3.05, 3.63) is 33.5 Å². The molecule has 2 aliphatic heterocycles. The molecule has 28 heavy (non-hydrogen) atoms. The van der Waals surface area contributed by atoms with Gasteiger partial charge in [-0.05, 0) is 20.8 Å². The third-order valence-electron chi connectivity index (χ3n) is 6.22. The van der Waals surface area contributed by atoms with Gasteiger partial charge in [0.15, 0.2) is 0 Å². The van der Waals surface area contributed by atoms with Crippen molar-refractivity contribution in [3.8, 4) is 0 Å². The van der Waals surface area contributed by atoms with Gasteiger partial charge in [0.1, 0.15) is 0 Å². The van der Waals surface area contributed by atoms with Gasteiger partial charge >= 0.3 is 0 Å². The first kappa shape index (κ1) is 19.5. The van der Waals surface area contributed by atoms with Gasteiger partial charge in [0.05, 0.1) is 29.3 Å². The van der Waals surface area contributed by atoms with Gasteiger partial charge < -0.3 is 10.1 Å². The Labute approximate surface area is 170 Å². The van der Waals surface area contributed by atoms with Crippen LogP contribution in [0, 0.1) is 25.2 Å². The molecule has 2 aliphatic rings. The number of ether oxygens (including phenoxy) is 1. The minimum absolute atomic E-state index is 0.131. The molecule has 0 saturated carbocycles. The molecule has 2 saturated heterocycles. The summed E-state index contributed by atoms with van der Waals surface area (Å²) in [5.41, 5.74) is 3.19. The number of carbonyl (C=O) groups is 1. The standard InChI is InChI=1S/C20H29N5O2S/c1-4-25-15(3)17(14(2)23-25)10-24-9-16-11-27-13-20(16,12-24)19(26)22-6-5-18-21-7-8-28-18/h7-8,16H,4-6,9-13H2,1-3H3,(H,22,26)/t16-,20-/m1/s1. The van der Waals surface area contributed by atoms with Gasteiger partial charge in [0.25, 0.3) is 0 Å². The summed E-state index contributed by atoms with van der Waals surface area (Å²) in [4.78, 5) is 19.8. The number of amides is 1. The van der Waals surface area contributed by atoms with Crippen molar-refractivity contribution < 1.29 is 9.53 Å². The monoisotopic (exact) mass is 403 g/mol. The SMILES string of the molecule is CCn1nc(C)c(CN2C[C@@H]3COC[C@]3(C(=O)NCCc3nccs3)C2)c1C. The minimum atomic E-state index is -0.425. The van der Waals surface area contributed by atoms with Crippen LogP contribution < -0.4 is 5.32 Å². The summed E-state index contributed by atoms with van der Waals surface area (Å²) in [7, 11) is 0. The summed E-state index contributed by atoms with van der Waals surface area (Å²) in [6, 6.07) is 0. The minimum Gasteiger partial charge on any atom is -0.380 e. The first-order chi connectivity index (χ1) is 13.5. The molecule has 0 unspecified atom stereocenters. The van der Waals surface area contributed by atoms with Gasteiger partial charge in [0, 0.05) is 67.9 Å². The van der Waals surface area contributed by atoms with Crippen molar-refractivity contribution in [2.45, 2.75) is 40.3 Å². The van der Waals surface area contributed by atoms with Crippen molar-refractivity contribution in [2.24, 2.45) is 11.3 Å². The quantitative estimate of drug-likeness (QED) is 0.763.